The Hall–Kier alpha value is -1.10. The first-order valence-corrected chi connectivity index (χ1v) is 7.18. The molecule has 1 aromatic heterocycles. The van der Waals surface area contributed by atoms with Crippen LogP contribution in [0.1, 0.15) is 37.7 Å². The van der Waals surface area contributed by atoms with Gasteiger partial charge in [-0.25, -0.2) is 0 Å². The van der Waals surface area contributed by atoms with Crippen LogP contribution in [0.4, 0.5) is 0 Å². The summed E-state index contributed by atoms with van der Waals surface area (Å²) in [5.74, 6) is 0. The van der Waals surface area contributed by atoms with Gasteiger partial charge in [0.05, 0.1) is 6.20 Å². The van der Waals surface area contributed by atoms with Gasteiger partial charge in [0.25, 0.3) is 0 Å². The van der Waals surface area contributed by atoms with Gasteiger partial charge in [-0.15, -0.1) is 0 Å². The molecule has 1 fully saturated rings. The average Bonchev–Trinajstić information content (AvgIpc) is 2.96. The first-order chi connectivity index (χ1) is 8.74. The zero-order valence-electron chi connectivity index (χ0n) is 11.0. The lowest BCUT2D eigenvalue weighted by Gasteiger charge is -2.15. The van der Waals surface area contributed by atoms with Crippen LogP contribution in [0.2, 0.25) is 0 Å². The summed E-state index contributed by atoms with van der Waals surface area (Å²) in [6.07, 6.45) is 10.2. The zero-order chi connectivity index (χ0) is 12.8. The van der Waals surface area contributed by atoms with E-state index in [1.54, 1.807) is 0 Å². The molecule has 0 spiro atoms. The molecule has 1 heterocycles. The second kappa shape index (κ2) is 6.73. The van der Waals surface area contributed by atoms with E-state index in [0.717, 1.165) is 24.6 Å². The van der Waals surface area contributed by atoms with Crippen molar-refractivity contribution in [1.29, 1.82) is 0 Å². The highest BCUT2D eigenvalue weighted by Gasteiger charge is 2.14. The summed E-state index contributed by atoms with van der Waals surface area (Å²) >= 11 is 5.28. The zero-order valence-corrected chi connectivity index (χ0v) is 11.8. The van der Waals surface area contributed by atoms with Gasteiger partial charge in [0, 0.05) is 25.3 Å². The number of hydrogen-bond donors (Lipinski definition) is 2. The molecule has 0 bridgehead atoms. The first-order valence-electron chi connectivity index (χ1n) is 6.77. The van der Waals surface area contributed by atoms with Crippen LogP contribution in [0.5, 0.6) is 0 Å². The van der Waals surface area contributed by atoms with E-state index in [2.05, 4.69) is 28.9 Å². The van der Waals surface area contributed by atoms with Crippen LogP contribution < -0.4 is 10.6 Å². The molecule has 2 N–H and O–H groups in total. The largest absolute Gasteiger partial charge is 0.363 e. The molecule has 1 aromatic rings. The second-order valence-corrected chi connectivity index (χ2v) is 5.42. The van der Waals surface area contributed by atoms with Crippen LogP contribution in [0, 0.1) is 6.92 Å². The van der Waals surface area contributed by atoms with E-state index in [0.29, 0.717) is 6.04 Å². The van der Waals surface area contributed by atoms with Crippen molar-refractivity contribution in [3.05, 3.63) is 18.0 Å². The number of nitrogens with one attached hydrogen (secondary N) is 2. The Morgan fingerprint density at radius 1 is 1.50 bits per heavy atom. The maximum absolute atomic E-state index is 5.28. The predicted molar refractivity (Wildman–Crippen MR) is 77.6 cm³/mol. The van der Waals surface area contributed by atoms with E-state index in [1.165, 1.54) is 31.2 Å². The molecule has 0 amide bonds. The molecule has 100 valence electrons. The van der Waals surface area contributed by atoms with E-state index < -0.39 is 0 Å². The van der Waals surface area contributed by atoms with Crippen LogP contribution >= 0.6 is 12.2 Å². The van der Waals surface area contributed by atoms with E-state index in [1.807, 2.05) is 10.9 Å². The molecule has 1 aliphatic carbocycles. The van der Waals surface area contributed by atoms with Gasteiger partial charge in [-0.2, -0.15) is 5.10 Å². The van der Waals surface area contributed by atoms with Gasteiger partial charge in [-0.05, 0) is 44.0 Å². The van der Waals surface area contributed by atoms with Gasteiger partial charge in [-0.1, -0.05) is 12.8 Å². The van der Waals surface area contributed by atoms with Gasteiger partial charge >= 0.3 is 0 Å². The number of hydrogen-bond acceptors (Lipinski definition) is 2. The van der Waals surface area contributed by atoms with Crippen molar-refractivity contribution in [3.63, 3.8) is 0 Å². The van der Waals surface area contributed by atoms with Crippen molar-refractivity contribution in [2.45, 2.75) is 51.6 Å². The van der Waals surface area contributed by atoms with Gasteiger partial charge in [0.1, 0.15) is 0 Å². The maximum Gasteiger partial charge on any atom is 0.166 e. The molecule has 2 rings (SSSR count). The van der Waals surface area contributed by atoms with Crippen molar-refractivity contribution in [2.75, 3.05) is 6.54 Å². The molecule has 0 atom stereocenters. The highest BCUT2D eigenvalue weighted by Crippen LogP contribution is 2.17. The fraction of sp³-hybridized carbons (Fsp3) is 0.692. The van der Waals surface area contributed by atoms with Gasteiger partial charge < -0.3 is 10.6 Å². The lowest BCUT2D eigenvalue weighted by Crippen LogP contribution is -2.41. The minimum absolute atomic E-state index is 0.596. The number of nitrogens with zero attached hydrogens (tertiary/aromatic N) is 2. The molecular weight excluding hydrogens is 244 g/mol. The molecule has 1 saturated carbocycles. The Morgan fingerprint density at radius 2 is 2.28 bits per heavy atom. The smallest absolute Gasteiger partial charge is 0.166 e. The van der Waals surface area contributed by atoms with Gasteiger partial charge in [-0.3, -0.25) is 4.68 Å². The van der Waals surface area contributed by atoms with E-state index in [9.17, 15) is 0 Å². The normalized spacial score (nSPS) is 15.8. The molecule has 18 heavy (non-hydrogen) atoms. The standard InChI is InChI=1S/C13H22N4S/c1-11-9-15-17(10-11)8-4-7-14-13(18)16-12-5-2-3-6-12/h9-10,12H,2-8H2,1H3,(H2,14,16,18). The maximum atomic E-state index is 5.28. The Kier molecular flexibility index (Phi) is 4.99. The molecule has 4 nitrogen and oxygen atoms in total. The Morgan fingerprint density at radius 3 is 2.94 bits per heavy atom. The first kappa shape index (κ1) is 13.3. The second-order valence-electron chi connectivity index (χ2n) is 5.02. The molecule has 0 aromatic carbocycles. The fourth-order valence-corrected chi connectivity index (χ4v) is 2.61. The quantitative estimate of drug-likeness (QED) is 0.632. The minimum atomic E-state index is 0.596. The highest BCUT2D eigenvalue weighted by atomic mass is 32.1. The van der Waals surface area contributed by atoms with Crippen molar-refractivity contribution < 1.29 is 0 Å². The van der Waals surface area contributed by atoms with E-state index in [4.69, 9.17) is 12.2 Å². The van der Waals surface area contributed by atoms with Gasteiger partial charge in [0.15, 0.2) is 5.11 Å². The van der Waals surface area contributed by atoms with Crippen molar-refractivity contribution in [2.24, 2.45) is 0 Å². The molecule has 5 heteroatoms. The summed E-state index contributed by atoms with van der Waals surface area (Å²) in [5.41, 5.74) is 1.21. The van der Waals surface area contributed by atoms with E-state index >= 15 is 0 Å². The summed E-state index contributed by atoms with van der Waals surface area (Å²) in [4.78, 5) is 0. The van der Waals surface area contributed by atoms with Crippen molar-refractivity contribution in [1.82, 2.24) is 20.4 Å². The van der Waals surface area contributed by atoms with Gasteiger partial charge in [0.2, 0.25) is 0 Å². The Balaban J connectivity index is 1.56. The fourth-order valence-electron chi connectivity index (χ4n) is 2.34. The van der Waals surface area contributed by atoms with E-state index in [-0.39, 0.29) is 0 Å². The lowest BCUT2D eigenvalue weighted by molar-refractivity contribution is 0.565. The SMILES string of the molecule is Cc1cnn(CCCNC(=S)NC2CCCC2)c1. The third-order valence-corrected chi connectivity index (χ3v) is 3.56. The monoisotopic (exact) mass is 266 g/mol. The number of rotatable bonds is 5. The number of thiocarbonyl (C=S) groups is 1. The molecule has 1 aliphatic rings. The Bertz CT molecular complexity index is 382. The number of aryl methyl sites for hydroxylation is 2. The summed E-state index contributed by atoms with van der Waals surface area (Å²) in [7, 11) is 0. The third-order valence-electron chi connectivity index (χ3n) is 3.30. The summed E-state index contributed by atoms with van der Waals surface area (Å²) < 4.78 is 1.98. The van der Waals surface area contributed by atoms with Crippen molar-refractivity contribution in [3.8, 4) is 0 Å². The molecule has 0 radical (unpaired) electrons. The van der Waals surface area contributed by atoms with Crippen LogP contribution in [0.25, 0.3) is 0 Å². The number of aromatic nitrogens is 2. The van der Waals surface area contributed by atoms with Crippen LogP contribution in [-0.2, 0) is 6.54 Å². The summed E-state index contributed by atoms with van der Waals surface area (Å²) in [6, 6.07) is 0.596. The topological polar surface area (TPSA) is 41.9 Å². The minimum Gasteiger partial charge on any atom is -0.363 e. The molecule has 0 aliphatic heterocycles. The average molecular weight is 266 g/mol. The predicted octanol–water partition coefficient (Wildman–Crippen LogP) is 1.99. The highest BCUT2D eigenvalue weighted by molar-refractivity contribution is 7.80. The Labute approximate surface area is 114 Å². The molecular formula is C13H22N4S. The van der Waals surface area contributed by atoms with Crippen LogP contribution in [0.3, 0.4) is 0 Å². The third kappa shape index (κ3) is 4.29. The lowest BCUT2D eigenvalue weighted by atomic mass is 10.3. The van der Waals surface area contributed by atoms with Crippen molar-refractivity contribution >= 4 is 17.3 Å². The summed E-state index contributed by atoms with van der Waals surface area (Å²) in [5, 5.41) is 11.7. The molecule has 0 saturated heterocycles. The molecule has 0 unspecified atom stereocenters. The van der Waals surface area contributed by atoms with Crippen LogP contribution in [0.15, 0.2) is 12.4 Å². The van der Waals surface area contributed by atoms with Crippen LogP contribution in [-0.4, -0.2) is 27.5 Å². The summed E-state index contributed by atoms with van der Waals surface area (Å²) in [6.45, 7) is 3.90.